The quantitative estimate of drug-likeness (QED) is 0.870. The van der Waals surface area contributed by atoms with E-state index in [1.54, 1.807) is 30.2 Å². The number of carboxylic acids is 1. The molecular weight excluding hydrogens is 260 g/mol. The van der Waals surface area contributed by atoms with Crippen LogP contribution in [0.2, 0.25) is 0 Å². The molecule has 0 bridgehead atoms. The summed E-state index contributed by atoms with van der Waals surface area (Å²) in [6, 6.07) is 6.39. The highest BCUT2D eigenvalue weighted by Crippen LogP contribution is 2.12. The third kappa shape index (κ3) is 3.48. The minimum atomic E-state index is -0.972. The van der Waals surface area contributed by atoms with Crippen LogP contribution < -0.4 is 5.32 Å². The van der Waals surface area contributed by atoms with Crippen LogP contribution >= 0.6 is 0 Å². The first-order valence-electron chi connectivity index (χ1n) is 6.48. The first kappa shape index (κ1) is 14.3. The van der Waals surface area contributed by atoms with E-state index in [-0.39, 0.29) is 17.7 Å². The average molecular weight is 278 g/mol. The van der Waals surface area contributed by atoms with E-state index in [2.05, 4.69) is 5.32 Å². The van der Waals surface area contributed by atoms with Crippen molar-refractivity contribution in [2.75, 3.05) is 20.2 Å². The summed E-state index contributed by atoms with van der Waals surface area (Å²) in [5.74, 6) is -0.972. The van der Waals surface area contributed by atoms with Gasteiger partial charge < -0.3 is 20.1 Å². The van der Waals surface area contributed by atoms with Crippen LogP contribution in [-0.4, -0.2) is 48.3 Å². The molecule has 0 aliphatic carbocycles. The van der Waals surface area contributed by atoms with Crippen LogP contribution in [0.3, 0.4) is 0 Å². The Morgan fingerprint density at radius 1 is 1.50 bits per heavy atom. The summed E-state index contributed by atoms with van der Waals surface area (Å²) in [7, 11) is 1.64. The predicted octanol–water partition coefficient (Wildman–Crippen LogP) is 1.32. The number of nitrogens with zero attached hydrogens (tertiary/aromatic N) is 1. The first-order valence-corrected chi connectivity index (χ1v) is 6.48. The lowest BCUT2D eigenvalue weighted by atomic mass is 10.1. The second-order valence-electron chi connectivity index (χ2n) is 4.76. The number of rotatable bonds is 4. The smallest absolute Gasteiger partial charge is 0.335 e. The molecule has 108 valence electrons. The van der Waals surface area contributed by atoms with Gasteiger partial charge >= 0.3 is 12.0 Å². The van der Waals surface area contributed by atoms with Gasteiger partial charge in [0.15, 0.2) is 0 Å². The summed E-state index contributed by atoms with van der Waals surface area (Å²) >= 11 is 0. The van der Waals surface area contributed by atoms with Crippen LogP contribution in [0.5, 0.6) is 0 Å². The second kappa shape index (κ2) is 6.38. The molecule has 1 heterocycles. The Bertz CT molecular complexity index is 504. The van der Waals surface area contributed by atoms with Crippen LogP contribution in [0.1, 0.15) is 22.3 Å². The van der Waals surface area contributed by atoms with Crippen molar-refractivity contribution in [1.29, 1.82) is 0 Å². The predicted molar refractivity (Wildman–Crippen MR) is 72.6 cm³/mol. The number of methoxy groups -OCH3 is 1. The van der Waals surface area contributed by atoms with E-state index in [9.17, 15) is 9.59 Å². The van der Waals surface area contributed by atoms with Crippen molar-refractivity contribution < 1.29 is 19.4 Å². The maximum atomic E-state index is 11.9. The van der Waals surface area contributed by atoms with Gasteiger partial charge in [-0.1, -0.05) is 12.1 Å². The zero-order valence-corrected chi connectivity index (χ0v) is 11.3. The Hall–Kier alpha value is -2.08. The third-order valence-corrected chi connectivity index (χ3v) is 3.38. The van der Waals surface area contributed by atoms with Gasteiger partial charge in [-0.2, -0.15) is 0 Å². The van der Waals surface area contributed by atoms with E-state index < -0.39 is 5.97 Å². The van der Waals surface area contributed by atoms with Crippen LogP contribution in [0.25, 0.3) is 0 Å². The molecule has 1 aliphatic rings. The Morgan fingerprint density at radius 2 is 2.30 bits per heavy atom. The summed E-state index contributed by atoms with van der Waals surface area (Å²) < 4.78 is 5.21. The van der Waals surface area contributed by atoms with Crippen LogP contribution in [0.4, 0.5) is 4.79 Å². The number of carbonyl (C=O) groups excluding carboxylic acids is 1. The monoisotopic (exact) mass is 278 g/mol. The first-order chi connectivity index (χ1) is 9.60. The standard InChI is InChI=1S/C14H18N2O4/c1-20-12-5-6-16(9-12)14(19)15-8-10-3-2-4-11(7-10)13(17)18/h2-4,7,12H,5-6,8-9H2,1H3,(H,15,19)(H,17,18). The van der Waals surface area contributed by atoms with Crippen molar-refractivity contribution in [1.82, 2.24) is 10.2 Å². The van der Waals surface area contributed by atoms with Gasteiger partial charge in [-0.05, 0) is 24.1 Å². The topological polar surface area (TPSA) is 78.9 Å². The molecule has 0 spiro atoms. The summed E-state index contributed by atoms with van der Waals surface area (Å²) in [6.07, 6.45) is 0.953. The highest BCUT2D eigenvalue weighted by molar-refractivity contribution is 5.87. The molecule has 1 fully saturated rings. The van der Waals surface area contributed by atoms with Gasteiger partial charge in [0.05, 0.1) is 11.7 Å². The highest BCUT2D eigenvalue weighted by atomic mass is 16.5. The third-order valence-electron chi connectivity index (χ3n) is 3.38. The molecule has 1 aromatic rings. The summed E-state index contributed by atoms with van der Waals surface area (Å²) in [5, 5.41) is 11.7. The highest BCUT2D eigenvalue weighted by Gasteiger charge is 2.25. The van der Waals surface area contributed by atoms with Crippen molar-refractivity contribution >= 4 is 12.0 Å². The van der Waals surface area contributed by atoms with E-state index >= 15 is 0 Å². The number of ether oxygens (including phenoxy) is 1. The largest absolute Gasteiger partial charge is 0.478 e. The van der Waals surface area contributed by atoms with Crippen molar-refractivity contribution in [3.05, 3.63) is 35.4 Å². The molecule has 2 N–H and O–H groups in total. The minimum absolute atomic E-state index is 0.107. The number of benzene rings is 1. The second-order valence-corrected chi connectivity index (χ2v) is 4.76. The molecule has 6 nitrogen and oxygen atoms in total. The molecule has 1 unspecified atom stereocenters. The van der Waals surface area contributed by atoms with Gasteiger partial charge in [0.1, 0.15) is 0 Å². The lowest BCUT2D eigenvalue weighted by Gasteiger charge is -2.17. The summed E-state index contributed by atoms with van der Waals surface area (Å²) in [4.78, 5) is 24.5. The Balaban J connectivity index is 1.87. The van der Waals surface area contributed by atoms with Gasteiger partial charge in [0, 0.05) is 26.7 Å². The van der Waals surface area contributed by atoms with E-state index in [0.717, 1.165) is 12.0 Å². The van der Waals surface area contributed by atoms with Crippen LogP contribution in [-0.2, 0) is 11.3 Å². The van der Waals surface area contributed by atoms with Crippen LogP contribution in [0, 0.1) is 0 Å². The van der Waals surface area contributed by atoms with Crippen molar-refractivity contribution in [2.24, 2.45) is 0 Å². The minimum Gasteiger partial charge on any atom is -0.478 e. The zero-order chi connectivity index (χ0) is 14.5. The zero-order valence-electron chi connectivity index (χ0n) is 11.3. The van der Waals surface area contributed by atoms with Gasteiger partial charge in [0.25, 0.3) is 0 Å². The van der Waals surface area contributed by atoms with Gasteiger partial charge in [-0.25, -0.2) is 9.59 Å². The fourth-order valence-electron chi connectivity index (χ4n) is 2.21. The SMILES string of the molecule is COC1CCN(C(=O)NCc2cccc(C(=O)O)c2)C1. The molecule has 1 atom stereocenters. The summed E-state index contributed by atoms with van der Waals surface area (Å²) in [5.41, 5.74) is 0.984. The number of likely N-dealkylation sites (tertiary alicyclic amines) is 1. The molecule has 2 rings (SSSR count). The maximum absolute atomic E-state index is 11.9. The Morgan fingerprint density at radius 3 is 2.95 bits per heavy atom. The van der Waals surface area contributed by atoms with Crippen molar-refractivity contribution in [2.45, 2.75) is 19.1 Å². The van der Waals surface area contributed by atoms with E-state index in [1.807, 2.05) is 0 Å². The number of carboxylic acid groups (broad SMARTS) is 1. The lowest BCUT2D eigenvalue weighted by molar-refractivity contribution is 0.0696. The van der Waals surface area contributed by atoms with Crippen LogP contribution in [0.15, 0.2) is 24.3 Å². The molecular formula is C14H18N2O4. The fourth-order valence-corrected chi connectivity index (χ4v) is 2.21. The van der Waals surface area contributed by atoms with Crippen molar-refractivity contribution in [3.63, 3.8) is 0 Å². The number of aromatic carboxylic acids is 1. The average Bonchev–Trinajstić information content (AvgIpc) is 2.94. The number of carbonyl (C=O) groups is 2. The number of hydrogen-bond acceptors (Lipinski definition) is 3. The molecule has 2 amide bonds. The van der Waals surface area contributed by atoms with E-state index in [4.69, 9.17) is 9.84 Å². The van der Waals surface area contributed by atoms with Gasteiger partial charge in [0.2, 0.25) is 0 Å². The normalized spacial score (nSPS) is 18.1. The molecule has 1 aromatic carbocycles. The molecule has 0 radical (unpaired) electrons. The number of amides is 2. The molecule has 6 heteroatoms. The Kier molecular flexibility index (Phi) is 4.57. The number of hydrogen-bond donors (Lipinski definition) is 2. The molecule has 20 heavy (non-hydrogen) atoms. The summed E-state index contributed by atoms with van der Waals surface area (Å²) in [6.45, 7) is 1.59. The van der Waals surface area contributed by atoms with E-state index in [1.165, 1.54) is 6.07 Å². The van der Waals surface area contributed by atoms with Gasteiger partial charge in [-0.15, -0.1) is 0 Å². The molecule has 1 saturated heterocycles. The Labute approximate surface area is 117 Å². The van der Waals surface area contributed by atoms with Crippen molar-refractivity contribution in [3.8, 4) is 0 Å². The van der Waals surface area contributed by atoms with Gasteiger partial charge in [-0.3, -0.25) is 0 Å². The molecule has 0 saturated carbocycles. The maximum Gasteiger partial charge on any atom is 0.335 e. The molecule has 1 aliphatic heterocycles. The number of nitrogens with one attached hydrogen (secondary N) is 1. The van der Waals surface area contributed by atoms with E-state index in [0.29, 0.717) is 19.6 Å². The fraction of sp³-hybridized carbons (Fsp3) is 0.429. The lowest BCUT2D eigenvalue weighted by Crippen LogP contribution is -2.38. The number of urea groups is 1. The molecule has 0 aromatic heterocycles.